The van der Waals surface area contributed by atoms with E-state index in [1.807, 2.05) is 0 Å². The minimum atomic E-state index is -0.499. The van der Waals surface area contributed by atoms with E-state index in [1.54, 1.807) is 0 Å². The second-order valence-corrected chi connectivity index (χ2v) is 5.47. The van der Waals surface area contributed by atoms with Crippen molar-refractivity contribution < 1.29 is 9.53 Å². The lowest BCUT2D eigenvalue weighted by molar-refractivity contribution is -0.160. The van der Waals surface area contributed by atoms with Gasteiger partial charge < -0.3 is 10.5 Å². The van der Waals surface area contributed by atoms with Gasteiger partial charge in [0.25, 0.3) is 0 Å². The van der Waals surface area contributed by atoms with E-state index < -0.39 is 5.41 Å². The summed E-state index contributed by atoms with van der Waals surface area (Å²) in [6.45, 7) is 2.17. The molecule has 0 aliphatic heterocycles. The summed E-state index contributed by atoms with van der Waals surface area (Å²) in [5.74, 6) is -0.163. The van der Waals surface area contributed by atoms with Crippen molar-refractivity contribution in [3.63, 3.8) is 0 Å². The van der Waals surface area contributed by atoms with Crippen LogP contribution >= 0.6 is 0 Å². The molecular formula is C16H23NO2. The number of hydrogen-bond donors (Lipinski definition) is 1. The molecule has 1 fully saturated rings. The summed E-state index contributed by atoms with van der Waals surface area (Å²) in [5.41, 5.74) is 8.19. The highest BCUT2D eigenvalue weighted by Gasteiger charge is 2.50. The Bertz CT molecular complexity index is 435. The zero-order valence-electron chi connectivity index (χ0n) is 11.8. The third-order valence-electron chi connectivity index (χ3n) is 4.31. The number of hydrogen-bond acceptors (Lipinski definition) is 3. The Kier molecular flexibility index (Phi) is 4.25. The molecule has 0 amide bonds. The fourth-order valence-corrected chi connectivity index (χ4v) is 2.90. The molecule has 19 heavy (non-hydrogen) atoms. The quantitative estimate of drug-likeness (QED) is 0.829. The topological polar surface area (TPSA) is 52.3 Å². The van der Waals surface area contributed by atoms with Gasteiger partial charge in [-0.05, 0) is 30.4 Å². The summed E-state index contributed by atoms with van der Waals surface area (Å²) in [4.78, 5) is 12.0. The zero-order chi connectivity index (χ0) is 13.9. The van der Waals surface area contributed by atoms with Crippen molar-refractivity contribution in [2.45, 2.75) is 45.1 Å². The van der Waals surface area contributed by atoms with Gasteiger partial charge in [0.2, 0.25) is 0 Å². The number of nitrogens with two attached hydrogens (primary N) is 1. The number of rotatable bonds is 5. The minimum absolute atomic E-state index is 0.163. The van der Waals surface area contributed by atoms with Crippen LogP contribution in [0.2, 0.25) is 0 Å². The summed E-state index contributed by atoms with van der Waals surface area (Å²) in [6.07, 6.45) is 4.93. The monoisotopic (exact) mass is 261 g/mol. The van der Waals surface area contributed by atoms with Gasteiger partial charge in [-0.3, -0.25) is 4.79 Å². The molecule has 104 valence electrons. The van der Waals surface area contributed by atoms with E-state index in [2.05, 4.69) is 31.2 Å². The zero-order valence-corrected chi connectivity index (χ0v) is 11.8. The van der Waals surface area contributed by atoms with E-state index in [0.717, 1.165) is 37.7 Å². The largest absolute Gasteiger partial charge is 0.469 e. The molecular weight excluding hydrogens is 238 g/mol. The Labute approximate surface area is 115 Å². The van der Waals surface area contributed by atoms with E-state index in [9.17, 15) is 4.79 Å². The van der Waals surface area contributed by atoms with Crippen molar-refractivity contribution in [1.29, 1.82) is 0 Å². The predicted molar refractivity (Wildman–Crippen MR) is 75.7 cm³/mol. The van der Waals surface area contributed by atoms with E-state index in [4.69, 9.17) is 10.5 Å². The molecule has 1 aromatic carbocycles. The highest BCUT2D eigenvalue weighted by Crippen LogP contribution is 2.50. The molecule has 0 spiro atoms. The Morgan fingerprint density at radius 2 is 2.00 bits per heavy atom. The molecule has 1 aliphatic rings. The average molecular weight is 261 g/mol. The molecule has 1 aromatic rings. The summed E-state index contributed by atoms with van der Waals surface area (Å²) in [6, 6.07) is 8.08. The molecule has 0 heterocycles. The van der Waals surface area contributed by atoms with Crippen LogP contribution in [0.1, 0.15) is 49.8 Å². The summed E-state index contributed by atoms with van der Waals surface area (Å²) >= 11 is 0. The van der Waals surface area contributed by atoms with Crippen LogP contribution in [-0.2, 0) is 16.0 Å². The van der Waals surface area contributed by atoms with Crippen molar-refractivity contribution in [2.24, 2.45) is 11.1 Å². The molecule has 0 aromatic heterocycles. The first kappa shape index (κ1) is 14.1. The molecule has 1 aliphatic carbocycles. The second kappa shape index (κ2) is 5.74. The second-order valence-electron chi connectivity index (χ2n) is 5.47. The highest BCUT2D eigenvalue weighted by atomic mass is 16.5. The van der Waals surface area contributed by atoms with Gasteiger partial charge in [0.1, 0.15) is 0 Å². The number of carbonyl (C=O) groups excluding carboxylic acids is 1. The van der Waals surface area contributed by atoms with Crippen LogP contribution in [0.15, 0.2) is 24.3 Å². The van der Waals surface area contributed by atoms with Gasteiger partial charge in [-0.25, -0.2) is 0 Å². The average Bonchev–Trinajstić information content (AvgIpc) is 2.38. The molecule has 1 atom stereocenters. The van der Waals surface area contributed by atoms with Gasteiger partial charge in [0, 0.05) is 6.04 Å². The lowest BCUT2D eigenvalue weighted by Crippen LogP contribution is -2.47. The van der Waals surface area contributed by atoms with E-state index >= 15 is 0 Å². The number of ether oxygens (including phenoxy) is 1. The molecule has 0 radical (unpaired) electrons. The first-order valence-corrected chi connectivity index (χ1v) is 7.07. The van der Waals surface area contributed by atoms with Crippen LogP contribution in [0.25, 0.3) is 0 Å². The minimum Gasteiger partial charge on any atom is -0.469 e. The Balaban J connectivity index is 2.18. The molecule has 3 nitrogen and oxygen atoms in total. The van der Waals surface area contributed by atoms with Gasteiger partial charge >= 0.3 is 5.97 Å². The van der Waals surface area contributed by atoms with Gasteiger partial charge in [0.15, 0.2) is 0 Å². The highest BCUT2D eigenvalue weighted by molar-refractivity contribution is 5.79. The first-order valence-electron chi connectivity index (χ1n) is 7.07. The van der Waals surface area contributed by atoms with Crippen molar-refractivity contribution in [3.05, 3.63) is 35.4 Å². The number of carbonyl (C=O) groups is 1. The lowest BCUT2D eigenvalue weighted by Gasteiger charge is -2.43. The molecule has 2 rings (SSSR count). The van der Waals surface area contributed by atoms with Crippen molar-refractivity contribution in [2.75, 3.05) is 7.11 Å². The van der Waals surface area contributed by atoms with Crippen LogP contribution in [0.5, 0.6) is 0 Å². The Hall–Kier alpha value is -1.35. The standard InChI is InChI=1S/C16H23NO2/c1-3-5-12-6-8-13(9-7-12)14(17)16(10-4-11-16)15(18)19-2/h6-9,14H,3-5,10-11,17H2,1-2H3. The fraction of sp³-hybridized carbons (Fsp3) is 0.562. The van der Waals surface area contributed by atoms with Crippen LogP contribution in [0, 0.1) is 5.41 Å². The Morgan fingerprint density at radius 1 is 1.37 bits per heavy atom. The molecule has 2 N–H and O–H groups in total. The van der Waals surface area contributed by atoms with E-state index in [0.29, 0.717) is 0 Å². The van der Waals surface area contributed by atoms with E-state index in [1.165, 1.54) is 12.7 Å². The lowest BCUT2D eigenvalue weighted by atomic mass is 9.62. The third kappa shape index (κ3) is 2.52. The molecule has 1 unspecified atom stereocenters. The van der Waals surface area contributed by atoms with Gasteiger partial charge in [-0.15, -0.1) is 0 Å². The van der Waals surface area contributed by atoms with Crippen molar-refractivity contribution >= 4 is 5.97 Å². The third-order valence-corrected chi connectivity index (χ3v) is 4.31. The van der Waals surface area contributed by atoms with Crippen molar-refractivity contribution in [1.82, 2.24) is 0 Å². The Morgan fingerprint density at radius 3 is 2.42 bits per heavy atom. The maximum absolute atomic E-state index is 12.0. The summed E-state index contributed by atoms with van der Waals surface area (Å²) < 4.78 is 4.94. The number of esters is 1. The molecule has 3 heteroatoms. The van der Waals surface area contributed by atoms with Crippen LogP contribution < -0.4 is 5.73 Å². The molecule has 1 saturated carbocycles. The maximum Gasteiger partial charge on any atom is 0.313 e. The number of methoxy groups -OCH3 is 1. The van der Waals surface area contributed by atoms with Crippen LogP contribution in [0.3, 0.4) is 0 Å². The van der Waals surface area contributed by atoms with E-state index in [-0.39, 0.29) is 12.0 Å². The fourth-order valence-electron chi connectivity index (χ4n) is 2.90. The van der Waals surface area contributed by atoms with Gasteiger partial charge in [-0.2, -0.15) is 0 Å². The number of aryl methyl sites for hydroxylation is 1. The normalized spacial score (nSPS) is 18.5. The smallest absolute Gasteiger partial charge is 0.313 e. The van der Waals surface area contributed by atoms with Crippen LogP contribution in [-0.4, -0.2) is 13.1 Å². The molecule has 0 saturated heterocycles. The predicted octanol–water partition coefficient (Wildman–Crippen LogP) is 2.98. The van der Waals surface area contributed by atoms with Gasteiger partial charge in [-0.1, -0.05) is 44.0 Å². The number of benzene rings is 1. The SMILES string of the molecule is CCCc1ccc(C(N)C2(C(=O)OC)CCC2)cc1. The first-order chi connectivity index (χ1) is 9.14. The maximum atomic E-state index is 12.0. The van der Waals surface area contributed by atoms with Crippen LogP contribution in [0.4, 0.5) is 0 Å². The van der Waals surface area contributed by atoms with Crippen molar-refractivity contribution in [3.8, 4) is 0 Å². The molecule has 0 bridgehead atoms. The summed E-state index contributed by atoms with van der Waals surface area (Å²) in [5, 5.41) is 0. The van der Waals surface area contributed by atoms with Gasteiger partial charge in [0.05, 0.1) is 12.5 Å². The summed E-state index contributed by atoms with van der Waals surface area (Å²) in [7, 11) is 1.44.